The number of nitrogens with zero attached hydrogens (tertiary/aromatic N) is 2. The molecule has 0 radical (unpaired) electrons. The fourth-order valence-corrected chi connectivity index (χ4v) is 5.11. The van der Waals surface area contributed by atoms with Crippen LogP contribution in [-0.2, 0) is 11.3 Å². The molecule has 1 amide bonds. The number of carbonyl (C=O) groups is 2. The SMILES string of the molecule is C=CCOc1c(Br)cc(/C=C2\SC(=Nc3ccccc3)N(Cc3ccc(C(=O)O)cc3)C2=O)cc1OC. The monoisotopic (exact) mass is 578 g/mol. The molecule has 0 aliphatic carbocycles. The fourth-order valence-electron chi connectivity index (χ4n) is 3.54. The number of halogens is 1. The number of aliphatic imine (C=N–C) groups is 1. The maximum Gasteiger partial charge on any atom is 0.335 e. The zero-order valence-electron chi connectivity index (χ0n) is 19.9. The number of amidine groups is 1. The van der Waals surface area contributed by atoms with Gasteiger partial charge in [0.15, 0.2) is 16.7 Å². The Morgan fingerprint density at radius 2 is 1.89 bits per heavy atom. The van der Waals surface area contributed by atoms with Crippen LogP contribution in [0.5, 0.6) is 11.5 Å². The summed E-state index contributed by atoms with van der Waals surface area (Å²) in [5, 5.41) is 9.71. The highest BCUT2D eigenvalue weighted by molar-refractivity contribution is 9.10. The lowest BCUT2D eigenvalue weighted by molar-refractivity contribution is -0.122. The first kappa shape index (κ1) is 26.2. The first-order valence-electron chi connectivity index (χ1n) is 11.2. The van der Waals surface area contributed by atoms with E-state index in [1.807, 2.05) is 36.4 Å². The van der Waals surface area contributed by atoms with E-state index in [4.69, 9.17) is 14.5 Å². The Morgan fingerprint density at radius 3 is 2.54 bits per heavy atom. The molecule has 0 saturated carbocycles. The van der Waals surface area contributed by atoms with Crippen molar-refractivity contribution >= 4 is 56.5 Å². The van der Waals surface area contributed by atoms with Gasteiger partial charge in [0.05, 0.1) is 34.3 Å². The summed E-state index contributed by atoms with van der Waals surface area (Å²) in [7, 11) is 1.55. The summed E-state index contributed by atoms with van der Waals surface area (Å²) in [5.41, 5.74) is 2.44. The van der Waals surface area contributed by atoms with Crippen LogP contribution >= 0.6 is 27.7 Å². The van der Waals surface area contributed by atoms with Crippen LogP contribution in [0.4, 0.5) is 5.69 Å². The highest BCUT2D eigenvalue weighted by Crippen LogP contribution is 2.40. The Morgan fingerprint density at radius 1 is 1.16 bits per heavy atom. The van der Waals surface area contributed by atoms with Crippen LogP contribution in [0.25, 0.3) is 6.08 Å². The molecule has 0 bridgehead atoms. The molecule has 37 heavy (non-hydrogen) atoms. The van der Waals surface area contributed by atoms with Crippen molar-refractivity contribution in [3.63, 3.8) is 0 Å². The molecule has 1 aliphatic heterocycles. The van der Waals surface area contributed by atoms with Crippen LogP contribution in [-0.4, -0.2) is 40.8 Å². The minimum Gasteiger partial charge on any atom is -0.493 e. The van der Waals surface area contributed by atoms with Crippen molar-refractivity contribution in [2.75, 3.05) is 13.7 Å². The highest BCUT2D eigenvalue weighted by Gasteiger charge is 2.33. The molecule has 1 aliphatic rings. The molecule has 3 aromatic carbocycles. The number of para-hydroxylation sites is 1. The topological polar surface area (TPSA) is 88.4 Å². The van der Waals surface area contributed by atoms with Gasteiger partial charge in [0, 0.05) is 0 Å². The van der Waals surface area contributed by atoms with E-state index >= 15 is 0 Å². The van der Waals surface area contributed by atoms with Gasteiger partial charge in [-0.1, -0.05) is 43.0 Å². The van der Waals surface area contributed by atoms with E-state index in [1.165, 1.54) is 23.9 Å². The van der Waals surface area contributed by atoms with Gasteiger partial charge in [-0.3, -0.25) is 9.69 Å². The number of hydrogen-bond donors (Lipinski definition) is 1. The van der Waals surface area contributed by atoms with Crippen LogP contribution in [0.2, 0.25) is 0 Å². The molecule has 1 N–H and O–H groups in total. The molecule has 1 heterocycles. The third-order valence-electron chi connectivity index (χ3n) is 5.31. The third kappa shape index (κ3) is 6.31. The Labute approximate surface area is 227 Å². The van der Waals surface area contributed by atoms with E-state index in [-0.39, 0.29) is 18.0 Å². The maximum absolute atomic E-state index is 13.5. The van der Waals surface area contributed by atoms with Crippen molar-refractivity contribution in [3.8, 4) is 11.5 Å². The summed E-state index contributed by atoms with van der Waals surface area (Å²) < 4.78 is 11.9. The van der Waals surface area contributed by atoms with Crippen LogP contribution in [0.15, 0.2) is 93.8 Å². The Balaban J connectivity index is 1.69. The van der Waals surface area contributed by atoms with E-state index in [9.17, 15) is 14.7 Å². The average molecular weight is 579 g/mol. The summed E-state index contributed by atoms with van der Waals surface area (Å²) in [5.74, 6) is -0.137. The summed E-state index contributed by atoms with van der Waals surface area (Å²) in [6, 6.07) is 19.5. The van der Waals surface area contributed by atoms with Gasteiger partial charge in [-0.15, -0.1) is 0 Å². The molecule has 1 fully saturated rings. The Kier molecular flexibility index (Phi) is 8.47. The number of amides is 1. The van der Waals surface area contributed by atoms with E-state index in [2.05, 4.69) is 22.5 Å². The minimum atomic E-state index is -1.00. The zero-order chi connectivity index (χ0) is 26.4. The lowest BCUT2D eigenvalue weighted by Crippen LogP contribution is -2.28. The van der Waals surface area contributed by atoms with E-state index in [0.717, 1.165) is 16.8 Å². The van der Waals surface area contributed by atoms with Gasteiger partial charge in [-0.2, -0.15) is 0 Å². The molecule has 0 spiro atoms. The largest absolute Gasteiger partial charge is 0.493 e. The molecule has 188 valence electrons. The number of rotatable bonds is 9. The predicted molar refractivity (Wildman–Crippen MR) is 149 cm³/mol. The van der Waals surface area contributed by atoms with Crippen LogP contribution in [0.3, 0.4) is 0 Å². The lowest BCUT2D eigenvalue weighted by atomic mass is 10.1. The summed E-state index contributed by atoms with van der Waals surface area (Å²) >= 11 is 4.80. The number of carboxylic acid groups (broad SMARTS) is 1. The number of carboxylic acids is 1. The number of thioether (sulfide) groups is 1. The number of methoxy groups -OCH3 is 1. The molecule has 9 heteroatoms. The van der Waals surface area contributed by atoms with Crippen LogP contribution in [0.1, 0.15) is 21.5 Å². The first-order chi connectivity index (χ1) is 17.9. The number of hydrogen-bond acceptors (Lipinski definition) is 6. The summed E-state index contributed by atoms with van der Waals surface area (Å²) in [6.45, 7) is 4.24. The second kappa shape index (κ2) is 11.9. The van der Waals surface area contributed by atoms with E-state index < -0.39 is 5.97 Å². The molecule has 4 rings (SSSR count). The van der Waals surface area contributed by atoms with Crippen LogP contribution < -0.4 is 9.47 Å². The summed E-state index contributed by atoms with van der Waals surface area (Å²) in [4.78, 5) is 31.5. The zero-order valence-corrected chi connectivity index (χ0v) is 22.3. The molecule has 7 nitrogen and oxygen atoms in total. The quantitative estimate of drug-likeness (QED) is 0.229. The number of benzene rings is 3. The smallest absolute Gasteiger partial charge is 0.335 e. The van der Waals surface area contributed by atoms with Gasteiger partial charge in [0.2, 0.25) is 0 Å². The van der Waals surface area contributed by atoms with E-state index in [1.54, 1.807) is 42.4 Å². The normalized spacial score (nSPS) is 15.3. The minimum absolute atomic E-state index is 0.185. The predicted octanol–water partition coefficient (Wildman–Crippen LogP) is 6.52. The average Bonchev–Trinajstić information content (AvgIpc) is 3.17. The van der Waals surface area contributed by atoms with Crippen molar-refractivity contribution in [3.05, 3.63) is 105 Å². The summed E-state index contributed by atoms with van der Waals surface area (Å²) in [6.07, 6.45) is 3.43. The van der Waals surface area contributed by atoms with Crippen molar-refractivity contribution in [1.82, 2.24) is 4.90 Å². The number of aromatic carboxylic acids is 1. The molecular weight excluding hydrogens is 556 g/mol. The second-order valence-corrected chi connectivity index (χ2v) is 9.73. The number of ether oxygens (including phenoxy) is 2. The van der Waals surface area contributed by atoms with Crippen molar-refractivity contribution in [2.45, 2.75) is 6.54 Å². The Hall–Kier alpha value is -3.82. The van der Waals surface area contributed by atoms with E-state index in [0.29, 0.717) is 32.7 Å². The second-order valence-electron chi connectivity index (χ2n) is 7.87. The highest BCUT2D eigenvalue weighted by atomic mass is 79.9. The van der Waals surface area contributed by atoms with Crippen molar-refractivity contribution in [1.29, 1.82) is 0 Å². The fraction of sp³-hybridized carbons (Fsp3) is 0.107. The van der Waals surface area contributed by atoms with Gasteiger partial charge in [-0.05, 0) is 81.3 Å². The standard InChI is InChI=1S/C28H23BrN2O5S/c1-3-13-36-25-22(29)14-19(15-23(25)35-2)16-24-26(32)31(17-18-9-11-20(12-10-18)27(33)34)28(37-24)30-21-7-5-4-6-8-21/h3-12,14-16H,1,13,17H2,2H3,(H,33,34)/b24-16-,30-28?. The molecule has 0 unspecified atom stereocenters. The first-order valence-corrected chi connectivity index (χ1v) is 12.8. The van der Waals surface area contributed by atoms with Gasteiger partial charge >= 0.3 is 5.97 Å². The van der Waals surface area contributed by atoms with Gasteiger partial charge in [0.25, 0.3) is 5.91 Å². The van der Waals surface area contributed by atoms with Crippen molar-refractivity contribution in [2.24, 2.45) is 4.99 Å². The van der Waals surface area contributed by atoms with Crippen LogP contribution in [0, 0.1) is 0 Å². The Bertz CT molecular complexity index is 1390. The van der Waals surface area contributed by atoms with Gasteiger partial charge in [0.1, 0.15) is 6.61 Å². The molecule has 3 aromatic rings. The molecule has 0 aromatic heterocycles. The molecular formula is C28H23BrN2O5S. The molecule has 0 atom stereocenters. The maximum atomic E-state index is 13.5. The third-order valence-corrected chi connectivity index (χ3v) is 6.90. The van der Waals surface area contributed by atoms with Gasteiger partial charge < -0.3 is 14.6 Å². The van der Waals surface area contributed by atoms with Crippen molar-refractivity contribution < 1.29 is 24.2 Å². The molecule has 1 saturated heterocycles. The lowest BCUT2D eigenvalue weighted by Gasteiger charge is -2.16. The number of carbonyl (C=O) groups excluding carboxylic acids is 1. The van der Waals surface area contributed by atoms with Gasteiger partial charge in [-0.25, -0.2) is 9.79 Å².